The van der Waals surface area contributed by atoms with Gasteiger partial charge >= 0.3 is 0 Å². The van der Waals surface area contributed by atoms with Gasteiger partial charge < -0.3 is 18.9 Å². The standard InChI is InChI=1S/C24H29N3O3/c1-16-11-22(29-5)23(30-6)13-19(16)14-26(4)24(28)21-12-17(2)27(18(21)3)15-20-9-7-8-10-25-20/h7-13H,14-15H2,1-6H3. The summed E-state index contributed by atoms with van der Waals surface area (Å²) in [5.41, 5.74) is 5.73. The van der Waals surface area contributed by atoms with Crippen LogP contribution in [0, 0.1) is 20.8 Å². The summed E-state index contributed by atoms with van der Waals surface area (Å²) in [7, 11) is 5.05. The van der Waals surface area contributed by atoms with Crippen molar-refractivity contribution in [1.82, 2.24) is 14.5 Å². The average molecular weight is 408 g/mol. The van der Waals surface area contributed by atoms with E-state index in [1.54, 1.807) is 25.3 Å². The second kappa shape index (κ2) is 9.03. The zero-order valence-corrected chi connectivity index (χ0v) is 18.5. The van der Waals surface area contributed by atoms with Crippen molar-refractivity contribution in [3.05, 3.63) is 76.4 Å². The lowest BCUT2D eigenvalue weighted by Crippen LogP contribution is -2.27. The Morgan fingerprint density at radius 2 is 1.77 bits per heavy atom. The van der Waals surface area contributed by atoms with Crippen molar-refractivity contribution in [2.24, 2.45) is 0 Å². The monoisotopic (exact) mass is 407 g/mol. The molecule has 158 valence electrons. The van der Waals surface area contributed by atoms with Gasteiger partial charge in [0, 0.05) is 31.2 Å². The van der Waals surface area contributed by atoms with E-state index in [2.05, 4.69) is 9.55 Å². The van der Waals surface area contributed by atoms with Crippen LogP contribution in [0.25, 0.3) is 0 Å². The first-order chi connectivity index (χ1) is 14.3. The molecule has 0 unspecified atom stereocenters. The molecule has 6 heteroatoms. The zero-order chi connectivity index (χ0) is 21.8. The van der Waals surface area contributed by atoms with E-state index < -0.39 is 0 Å². The smallest absolute Gasteiger partial charge is 0.255 e. The maximum atomic E-state index is 13.2. The zero-order valence-electron chi connectivity index (χ0n) is 18.5. The summed E-state index contributed by atoms with van der Waals surface area (Å²) in [5.74, 6) is 1.34. The van der Waals surface area contributed by atoms with E-state index in [-0.39, 0.29) is 5.91 Å². The lowest BCUT2D eigenvalue weighted by Gasteiger charge is -2.20. The molecule has 1 amide bonds. The number of benzene rings is 1. The van der Waals surface area contributed by atoms with Gasteiger partial charge in [0.2, 0.25) is 0 Å². The van der Waals surface area contributed by atoms with Gasteiger partial charge in [-0.2, -0.15) is 0 Å². The average Bonchev–Trinajstić information content (AvgIpc) is 3.03. The van der Waals surface area contributed by atoms with Crippen LogP contribution in [0.4, 0.5) is 0 Å². The van der Waals surface area contributed by atoms with Gasteiger partial charge in [0.25, 0.3) is 5.91 Å². The molecule has 0 saturated heterocycles. The molecule has 0 aliphatic rings. The SMILES string of the molecule is COc1cc(C)c(CN(C)C(=O)c2cc(C)n(Cc3ccccn3)c2C)cc1OC. The topological polar surface area (TPSA) is 56.6 Å². The molecule has 0 spiro atoms. The van der Waals surface area contributed by atoms with Gasteiger partial charge in [-0.3, -0.25) is 9.78 Å². The maximum Gasteiger partial charge on any atom is 0.255 e. The highest BCUT2D eigenvalue weighted by atomic mass is 16.5. The van der Waals surface area contributed by atoms with Crippen LogP contribution >= 0.6 is 0 Å². The molecule has 1 aromatic carbocycles. The fourth-order valence-corrected chi connectivity index (χ4v) is 3.64. The second-order valence-electron chi connectivity index (χ2n) is 7.49. The first-order valence-corrected chi connectivity index (χ1v) is 9.89. The number of nitrogens with zero attached hydrogens (tertiary/aromatic N) is 3. The predicted molar refractivity (Wildman–Crippen MR) is 117 cm³/mol. The van der Waals surface area contributed by atoms with E-state index in [0.29, 0.717) is 30.2 Å². The molecule has 3 rings (SSSR count). The molecule has 0 atom stereocenters. The van der Waals surface area contributed by atoms with Crippen LogP contribution in [0.3, 0.4) is 0 Å². The number of hydrogen-bond acceptors (Lipinski definition) is 4. The number of pyridine rings is 1. The summed E-state index contributed by atoms with van der Waals surface area (Å²) < 4.78 is 12.9. The molecule has 0 fully saturated rings. The minimum atomic E-state index is -0.00967. The van der Waals surface area contributed by atoms with Crippen molar-refractivity contribution in [3.8, 4) is 11.5 Å². The Morgan fingerprint density at radius 1 is 1.07 bits per heavy atom. The van der Waals surface area contributed by atoms with Gasteiger partial charge in [0.15, 0.2) is 11.5 Å². The van der Waals surface area contributed by atoms with Crippen LogP contribution < -0.4 is 9.47 Å². The molecule has 2 heterocycles. The first-order valence-electron chi connectivity index (χ1n) is 9.89. The van der Waals surface area contributed by atoms with Gasteiger partial charge in [-0.1, -0.05) is 6.07 Å². The lowest BCUT2D eigenvalue weighted by atomic mass is 10.1. The third-order valence-electron chi connectivity index (χ3n) is 5.45. The summed E-state index contributed by atoms with van der Waals surface area (Å²) in [4.78, 5) is 19.4. The molecule has 0 N–H and O–H groups in total. The van der Waals surface area contributed by atoms with E-state index in [1.165, 1.54) is 0 Å². The number of carbonyl (C=O) groups is 1. The van der Waals surface area contributed by atoms with Crippen molar-refractivity contribution in [1.29, 1.82) is 0 Å². The fraction of sp³-hybridized carbons (Fsp3) is 0.333. The molecule has 0 radical (unpaired) electrons. The predicted octanol–water partition coefficient (Wildman–Crippen LogP) is 4.15. The summed E-state index contributed by atoms with van der Waals surface area (Å²) in [6, 6.07) is 11.7. The Labute approximate surface area is 178 Å². The number of aromatic nitrogens is 2. The summed E-state index contributed by atoms with van der Waals surface area (Å²) in [6.07, 6.45) is 1.79. The molecule has 0 bridgehead atoms. The van der Waals surface area contributed by atoms with E-state index in [4.69, 9.17) is 9.47 Å². The van der Waals surface area contributed by atoms with Gasteiger partial charge in [-0.15, -0.1) is 0 Å². The van der Waals surface area contributed by atoms with E-state index >= 15 is 0 Å². The summed E-state index contributed by atoms with van der Waals surface area (Å²) in [6.45, 7) is 7.14. The number of methoxy groups -OCH3 is 2. The van der Waals surface area contributed by atoms with Crippen LogP contribution in [0.5, 0.6) is 11.5 Å². The van der Waals surface area contributed by atoms with Gasteiger partial charge in [0.1, 0.15) is 0 Å². The Hall–Kier alpha value is -3.28. The molecule has 0 saturated carbocycles. The Balaban J connectivity index is 1.82. The van der Waals surface area contributed by atoms with Crippen LogP contribution in [0.1, 0.15) is 38.6 Å². The van der Waals surface area contributed by atoms with Crippen molar-refractivity contribution < 1.29 is 14.3 Å². The minimum Gasteiger partial charge on any atom is -0.493 e. The molecule has 6 nitrogen and oxygen atoms in total. The summed E-state index contributed by atoms with van der Waals surface area (Å²) >= 11 is 0. The normalized spacial score (nSPS) is 10.7. The molecular weight excluding hydrogens is 378 g/mol. The Morgan fingerprint density at radius 3 is 2.40 bits per heavy atom. The van der Waals surface area contributed by atoms with Crippen LogP contribution in [0.15, 0.2) is 42.6 Å². The van der Waals surface area contributed by atoms with Crippen molar-refractivity contribution in [3.63, 3.8) is 0 Å². The fourth-order valence-electron chi connectivity index (χ4n) is 3.64. The highest BCUT2D eigenvalue weighted by molar-refractivity contribution is 5.95. The Kier molecular flexibility index (Phi) is 6.45. The highest BCUT2D eigenvalue weighted by Crippen LogP contribution is 2.31. The number of hydrogen-bond donors (Lipinski definition) is 0. The molecule has 0 aliphatic heterocycles. The summed E-state index contributed by atoms with van der Waals surface area (Å²) in [5, 5.41) is 0. The second-order valence-corrected chi connectivity index (χ2v) is 7.49. The molecular formula is C24H29N3O3. The highest BCUT2D eigenvalue weighted by Gasteiger charge is 2.20. The van der Waals surface area contributed by atoms with E-state index in [1.807, 2.05) is 64.2 Å². The quantitative estimate of drug-likeness (QED) is 0.591. The van der Waals surface area contributed by atoms with Crippen LogP contribution in [-0.4, -0.2) is 41.6 Å². The first kappa shape index (κ1) is 21.4. The molecule has 2 aromatic heterocycles. The molecule has 3 aromatic rings. The number of aryl methyl sites for hydroxylation is 2. The van der Waals surface area contributed by atoms with E-state index in [9.17, 15) is 4.79 Å². The van der Waals surface area contributed by atoms with Crippen molar-refractivity contribution in [2.75, 3.05) is 21.3 Å². The third kappa shape index (κ3) is 4.32. The van der Waals surface area contributed by atoms with Crippen molar-refractivity contribution in [2.45, 2.75) is 33.9 Å². The van der Waals surface area contributed by atoms with E-state index in [0.717, 1.165) is 28.2 Å². The third-order valence-corrected chi connectivity index (χ3v) is 5.45. The van der Waals surface area contributed by atoms with Gasteiger partial charge in [-0.05, 0) is 62.2 Å². The number of rotatable bonds is 7. The van der Waals surface area contributed by atoms with Gasteiger partial charge in [-0.25, -0.2) is 0 Å². The lowest BCUT2D eigenvalue weighted by molar-refractivity contribution is 0.0784. The minimum absolute atomic E-state index is 0.00967. The van der Waals surface area contributed by atoms with Crippen LogP contribution in [0.2, 0.25) is 0 Å². The number of ether oxygens (including phenoxy) is 2. The Bertz CT molecular complexity index is 1040. The number of amides is 1. The van der Waals surface area contributed by atoms with Gasteiger partial charge in [0.05, 0.1) is 32.0 Å². The largest absolute Gasteiger partial charge is 0.493 e. The molecule has 0 aliphatic carbocycles. The maximum absolute atomic E-state index is 13.2. The van der Waals surface area contributed by atoms with Crippen LogP contribution in [-0.2, 0) is 13.1 Å². The van der Waals surface area contributed by atoms with Crippen molar-refractivity contribution >= 4 is 5.91 Å². The molecule has 30 heavy (non-hydrogen) atoms. The number of carbonyl (C=O) groups excluding carboxylic acids is 1.